The van der Waals surface area contributed by atoms with E-state index < -0.39 is 0 Å². The first-order valence-electron chi connectivity index (χ1n) is 6.41. The molecule has 1 aromatic carbocycles. The van der Waals surface area contributed by atoms with Gasteiger partial charge in [-0.15, -0.1) is 0 Å². The second kappa shape index (κ2) is 5.30. The summed E-state index contributed by atoms with van der Waals surface area (Å²) in [4.78, 5) is 25.5. The first-order chi connectivity index (χ1) is 8.99. The van der Waals surface area contributed by atoms with Crippen LogP contribution in [0.4, 0.5) is 5.69 Å². The fourth-order valence-corrected chi connectivity index (χ4v) is 2.24. The van der Waals surface area contributed by atoms with Gasteiger partial charge in [0.15, 0.2) is 0 Å². The van der Waals surface area contributed by atoms with E-state index in [4.69, 9.17) is 5.73 Å². The average molecular weight is 261 g/mol. The Kier molecular flexibility index (Phi) is 3.74. The third-order valence-electron chi connectivity index (χ3n) is 3.44. The van der Waals surface area contributed by atoms with Gasteiger partial charge >= 0.3 is 0 Å². The molecular formula is C14H19N3O2. The second-order valence-electron chi connectivity index (χ2n) is 4.92. The first-order valence-corrected chi connectivity index (χ1v) is 6.41. The predicted molar refractivity (Wildman–Crippen MR) is 73.9 cm³/mol. The molecule has 0 radical (unpaired) electrons. The molecule has 1 aliphatic rings. The Balaban J connectivity index is 2.24. The Labute approximate surface area is 112 Å². The van der Waals surface area contributed by atoms with Crippen LogP contribution in [0, 0.1) is 13.8 Å². The monoisotopic (exact) mass is 261 g/mol. The average Bonchev–Trinajstić information content (AvgIpc) is 2.58. The van der Waals surface area contributed by atoms with Crippen LogP contribution >= 0.6 is 0 Å². The van der Waals surface area contributed by atoms with Gasteiger partial charge in [0.05, 0.1) is 0 Å². The lowest BCUT2D eigenvalue weighted by Crippen LogP contribution is -2.34. The fraction of sp³-hybridized carbons (Fsp3) is 0.429. The largest absolute Gasteiger partial charge is 0.398 e. The number of nitrogens with two attached hydrogens (primary N) is 1. The van der Waals surface area contributed by atoms with E-state index in [0.717, 1.165) is 11.1 Å². The molecule has 5 heteroatoms. The zero-order valence-electron chi connectivity index (χ0n) is 11.3. The maximum absolute atomic E-state index is 12.5. The van der Waals surface area contributed by atoms with Gasteiger partial charge in [0, 0.05) is 37.3 Å². The van der Waals surface area contributed by atoms with E-state index >= 15 is 0 Å². The van der Waals surface area contributed by atoms with Gasteiger partial charge in [-0.3, -0.25) is 9.59 Å². The number of nitrogens with zero attached hydrogens (tertiary/aromatic N) is 1. The molecule has 0 unspecified atom stereocenters. The Morgan fingerprint density at radius 2 is 2.00 bits per heavy atom. The second-order valence-corrected chi connectivity index (χ2v) is 4.92. The van der Waals surface area contributed by atoms with Crippen molar-refractivity contribution in [2.45, 2.75) is 20.3 Å². The number of amides is 2. The van der Waals surface area contributed by atoms with E-state index in [0.29, 0.717) is 37.3 Å². The third kappa shape index (κ3) is 2.86. The predicted octanol–water partition coefficient (Wildman–Crippen LogP) is 0.848. The number of hydrogen-bond acceptors (Lipinski definition) is 3. The van der Waals surface area contributed by atoms with Gasteiger partial charge in [-0.25, -0.2) is 0 Å². The van der Waals surface area contributed by atoms with Crippen molar-refractivity contribution in [3.8, 4) is 0 Å². The van der Waals surface area contributed by atoms with Crippen molar-refractivity contribution in [3.63, 3.8) is 0 Å². The summed E-state index contributed by atoms with van der Waals surface area (Å²) in [5, 5.41) is 2.76. The summed E-state index contributed by atoms with van der Waals surface area (Å²) in [5.74, 6) is -0.0591. The minimum atomic E-state index is -0.0549. The number of nitrogen functional groups attached to an aromatic ring is 1. The van der Waals surface area contributed by atoms with Crippen LogP contribution in [0.1, 0.15) is 27.9 Å². The summed E-state index contributed by atoms with van der Waals surface area (Å²) < 4.78 is 0. The fourth-order valence-electron chi connectivity index (χ4n) is 2.24. The summed E-state index contributed by atoms with van der Waals surface area (Å²) in [6.07, 6.45) is 0.353. The van der Waals surface area contributed by atoms with E-state index in [1.54, 1.807) is 11.0 Å². The molecule has 0 aliphatic carbocycles. The molecule has 0 spiro atoms. The number of anilines is 1. The molecule has 2 amide bonds. The molecule has 0 aromatic heterocycles. The highest BCUT2D eigenvalue weighted by Crippen LogP contribution is 2.19. The lowest BCUT2D eigenvalue weighted by Gasteiger charge is -2.21. The highest BCUT2D eigenvalue weighted by Gasteiger charge is 2.21. The zero-order chi connectivity index (χ0) is 14.0. The quantitative estimate of drug-likeness (QED) is 0.736. The van der Waals surface area contributed by atoms with Crippen LogP contribution < -0.4 is 11.1 Å². The Bertz CT molecular complexity index is 526. The molecule has 1 heterocycles. The normalized spacial score (nSPS) is 15.9. The number of benzene rings is 1. The molecular weight excluding hydrogens is 242 g/mol. The van der Waals surface area contributed by atoms with E-state index in [9.17, 15) is 9.59 Å². The number of carbonyl (C=O) groups is 2. The molecule has 1 saturated heterocycles. The van der Waals surface area contributed by atoms with Crippen molar-refractivity contribution in [2.24, 2.45) is 0 Å². The molecule has 19 heavy (non-hydrogen) atoms. The van der Waals surface area contributed by atoms with Crippen molar-refractivity contribution >= 4 is 17.5 Å². The maximum atomic E-state index is 12.5. The minimum Gasteiger partial charge on any atom is -0.398 e. The number of rotatable bonds is 1. The summed E-state index contributed by atoms with van der Waals surface area (Å²) in [6.45, 7) is 5.33. The standard InChI is InChI=1S/C14H19N3O2/c1-9-7-10(2)12(15)8-11(9)14(19)17-5-3-13(18)16-4-6-17/h7-8H,3-6,15H2,1-2H3,(H,16,18). The van der Waals surface area contributed by atoms with Crippen molar-refractivity contribution in [2.75, 3.05) is 25.4 Å². The summed E-state index contributed by atoms with van der Waals surface area (Å²) in [7, 11) is 0. The topological polar surface area (TPSA) is 75.4 Å². The summed E-state index contributed by atoms with van der Waals surface area (Å²) in [5.41, 5.74) is 9.01. The highest BCUT2D eigenvalue weighted by atomic mass is 16.2. The molecule has 1 aromatic rings. The first kappa shape index (κ1) is 13.4. The van der Waals surface area contributed by atoms with Crippen LogP contribution in [0.3, 0.4) is 0 Å². The van der Waals surface area contributed by atoms with Crippen LogP contribution in [-0.4, -0.2) is 36.3 Å². The van der Waals surface area contributed by atoms with Gasteiger partial charge < -0.3 is 16.0 Å². The molecule has 5 nitrogen and oxygen atoms in total. The molecule has 2 rings (SSSR count). The van der Waals surface area contributed by atoms with Gasteiger partial charge in [-0.05, 0) is 31.0 Å². The van der Waals surface area contributed by atoms with Gasteiger partial charge in [-0.2, -0.15) is 0 Å². The smallest absolute Gasteiger partial charge is 0.254 e. The SMILES string of the molecule is Cc1cc(C)c(C(=O)N2CCNC(=O)CC2)cc1N. The summed E-state index contributed by atoms with van der Waals surface area (Å²) >= 11 is 0. The third-order valence-corrected chi connectivity index (χ3v) is 3.44. The number of carbonyl (C=O) groups excluding carboxylic acids is 2. The minimum absolute atomic E-state index is 0.00422. The summed E-state index contributed by atoms with van der Waals surface area (Å²) in [6, 6.07) is 3.65. The van der Waals surface area contributed by atoms with Crippen LogP contribution in [0.5, 0.6) is 0 Å². The lowest BCUT2D eigenvalue weighted by atomic mass is 10.0. The van der Waals surface area contributed by atoms with E-state index in [-0.39, 0.29) is 11.8 Å². The van der Waals surface area contributed by atoms with Gasteiger partial charge in [-0.1, -0.05) is 6.07 Å². The number of hydrogen-bond donors (Lipinski definition) is 2. The Morgan fingerprint density at radius 1 is 1.26 bits per heavy atom. The van der Waals surface area contributed by atoms with Gasteiger partial charge in [0.1, 0.15) is 0 Å². The Hall–Kier alpha value is -2.04. The maximum Gasteiger partial charge on any atom is 0.254 e. The van der Waals surface area contributed by atoms with Crippen LogP contribution in [-0.2, 0) is 4.79 Å². The van der Waals surface area contributed by atoms with Gasteiger partial charge in [0.2, 0.25) is 5.91 Å². The molecule has 1 fully saturated rings. The number of nitrogens with one attached hydrogen (secondary N) is 1. The van der Waals surface area contributed by atoms with Crippen molar-refractivity contribution in [1.29, 1.82) is 0 Å². The lowest BCUT2D eigenvalue weighted by molar-refractivity contribution is -0.120. The van der Waals surface area contributed by atoms with E-state index in [1.165, 1.54) is 0 Å². The molecule has 3 N–H and O–H groups in total. The van der Waals surface area contributed by atoms with Crippen molar-refractivity contribution in [3.05, 3.63) is 28.8 Å². The molecule has 102 valence electrons. The highest BCUT2D eigenvalue weighted by molar-refractivity contribution is 5.97. The van der Waals surface area contributed by atoms with Crippen molar-refractivity contribution in [1.82, 2.24) is 10.2 Å². The zero-order valence-corrected chi connectivity index (χ0v) is 11.3. The van der Waals surface area contributed by atoms with Crippen LogP contribution in [0.15, 0.2) is 12.1 Å². The molecule has 1 aliphatic heterocycles. The molecule has 0 atom stereocenters. The number of aryl methyl sites for hydroxylation is 2. The van der Waals surface area contributed by atoms with E-state index in [2.05, 4.69) is 5.32 Å². The van der Waals surface area contributed by atoms with E-state index in [1.807, 2.05) is 19.9 Å². The molecule has 0 bridgehead atoms. The van der Waals surface area contributed by atoms with Gasteiger partial charge in [0.25, 0.3) is 5.91 Å². The van der Waals surface area contributed by atoms with Crippen molar-refractivity contribution < 1.29 is 9.59 Å². The molecule has 0 saturated carbocycles. The van der Waals surface area contributed by atoms with Crippen LogP contribution in [0.2, 0.25) is 0 Å². The van der Waals surface area contributed by atoms with Crippen LogP contribution in [0.25, 0.3) is 0 Å². The Morgan fingerprint density at radius 3 is 2.74 bits per heavy atom.